The van der Waals surface area contributed by atoms with Gasteiger partial charge in [0.2, 0.25) is 0 Å². The Morgan fingerprint density at radius 3 is 2.50 bits per heavy atom. The topological polar surface area (TPSA) is 0 Å². The van der Waals surface area contributed by atoms with Crippen LogP contribution in [0.15, 0.2) is 0 Å². The summed E-state index contributed by atoms with van der Waals surface area (Å²) in [5, 5.41) is 0. The minimum atomic E-state index is -0.401. The quantitative estimate of drug-likeness (QED) is 0.475. The lowest BCUT2D eigenvalue weighted by molar-refractivity contribution is 0.633. The lowest BCUT2D eigenvalue weighted by Gasteiger charge is -1.97. The van der Waals surface area contributed by atoms with E-state index in [-0.39, 0.29) is 0 Å². The summed E-state index contributed by atoms with van der Waals surface area (Å²) in [5.74, 6) is 0.0328. The van der Waals surface area contributed by atoms with E-state index in [1.54, 1.807) is 0 Å². The predicted octanol–water partition coefficient (Wildman–Crippen LogP) is 2.27. The molecule has 0 unspecified atom stereocenters. The molecule has 0 N–H and O–H groups in total. The Bertz CT molecular complexity index is 46.0. The van der Waals surface area contributed by atoms with Crippen molar-refractivity contribution in [3.8, 4) is 0 Å². The summed E-state index contributed by atoms with van der Waals surface area (Å²) >= 11 is 5.41. The fourth-order valence-electron chi connectivity index (χ4n) is 0.0945. The lowest BCUT2D eigenvalue weighted by atomic mass is 10.2. The van der Waals surface area contributed by atoms with E-state index >= 15 is 0 Å². The van der Waals surface area contributed by atoms with Gasteiger partial charge in [0.05, 0.1) is 0 Å². The number of alkyl halides is 1. The normalized spacial score (nSPS) is 22.2. The van der Waals surface area contributed by atoms with Gasteiger partial charge in [-0.05, 0) is 5.89 Å². The molecule has 0 rings (SSSR count). The van der Waals surface area contributed by atoms with Gasteiger partial charge in [0.15, 0.2) is 0 Å². The first kappa shape index (κ1) is 4.45. The summed E-state index contributed by atoms with van der Waals surface area (Å²) in [7, 11) is 0. The summed E-state index contributed by atoms with van der Waals surface area (Å²) in [6.07, 6.45) is 0.830. The first-order valence-electron chi connectivity index (χ1n) is 2.68. The maximum Gasteiger partial charge on any atom is 0.0312 e. The van der Waals surface area contributed by atoms with Gasteiger partial charge in [-0.2, -0.15) is 0 Å². The van der Waals surface area contributed by atoms with Gasteiger partial charge in [0.25, 0.3) is 0 Å². The first-order chi connectivity index (χ1) is 3.12. The van der Waals surface area contributed by atoms with Crippen molar-refractivity contribution in [3.63, 3.8) is 0 Å². The molecule has 0 fully saturated rings. The largest absolute Gasteiger partial charge is 0.126 e. The highest BCUT2D eigenvalue weighted by Crippen LogP contribution is 2.00. The molecular weight excluding hydrogens is 95.5 g/mol. The highest BCUT2D eigenvalue weighted by atomic mass is 35.5. The summed E-state index contributed by atoms with van der Waals surface area (Å²) in [5.41, 5.74) is 0. The maximum atomic E-state index is 7.29. The van der Waals surface area contributed by atoms with Crippen molar-refractivity contribution in [2.45, 2.75) is 20.3 Å². The molecule has 0 spiro atoms. The minimum Gasteiger partial charge on any atom is -0.126 e. The van der Waals surface area contributed by atoms with Crippen molar-refractivity contribution in [3.05, 3.63) is 0 Å². The average molecular weight is 108 g/mol. The van der Waals surface area contributed by atoms with Crippen molar-refractivity contribution in [1.82, 2.24) is 0 Å². The monoisotopic (exact) mass is 107 g/mol. The van der Waals surface area contributed by atoms with Crippen molar-refractivity contribution in [2.24, 2.45) is 5.89 Å². The Kier molecular flexibility index (Phi) is 2.58. The van der Waals surface area contributed by atoms with Crippen LogP contribution in [0.5, 0.6) is 0 Å². The number of hydrogen-bond donors (Lipinski definition) is 0. The third kappa shape index (κ3) is 2.52. The standard InChI is InChI=1S/C5H11Cl/c1-3-5(2)4-6/h5H,3-4H2,1-2H3/t5-/m1/s1/i5D. The van der Waals surface area contributed by atoms with Gasteiger partial charge < -0.3 is 0 Å². The molecule has 0 saturated carbocycles. The van der Waals surface area contributed by atoms with Crippen LogP contribution in [0.25, 0.3) is 0 Å². The third-order valence-electron chi connectivity index (χ3n) is 0.832. The Hall–Kier alpha value is 0.290. The van der Waals surface area contributed by atoms with Gasteiger partial charge >= 0.3 is 0 Å². The zero-order valence-corrected chi connectivity index (χ0v) is 5.05. The van der Waals surface area contributed by atoms with E-state index in [0.717, 1.165) is 6.42 Å². The average Bonchev–Trinajstić information content (AvgIpc) is 1.68. The first-order valence-corrected chi connectivity index (χ1v) is 2.72. The van der Waals surface area contributed by atoms with Crippen LogP contribution in [-0.2, 0) is 0 Å². The summed E-state index contributed by atoms with van der Waals surface area (Å²) in [4.78, 5) is 0. The van der Waals surface area contributed by atoms with Gasteiger partial charge in [0, 0.05) is 7.25 Å². The van der Waals surface area contributed by atoms with Gasteiger partial charge in [-0.1, -0.05) is 20.3 Å². The van der Waals surface area contributed by atoms with Gasteiger partial charge in [-0.3, -0.25) is 0 Å². The molecule has 0 aliphatic heterocycles. The fourth-order valence-corrected chi connectivity index (χ4v) is 0.283. The van der Waals surface area contributed by atoms with Crippen molar-refractivity contribution in [1.29, 1.82) is 0 Å². The maximum absolute atomic E-state index is 7.29. The molecule has 0 amide bonds. The van der Waals surface area contributed by atoms with Crippen molar-refractivity contribution < 1.29 is 1.37 Å². The fraction of sp³-hybridized carbons (Fsp3) is 1.00. The molecule has 1 heteroatoms. The van der Waals surface area contributed by atoms with E-state index in [0.29, 0.717) is 5.88 Å². The summed E-state index contributed by atoms with van der Waals surface area (Å²) in [6, 6.07) is 0. The number of halogens is 1. The van der Waals surface area contributed by atoms with E-state index in [9.17, 15) is 0 Å². The molecular formula is C5H11Cl. The lowest BCUT2D eigenvalue weighted by Crippen LogP contribution is -1.90. The molecule has 38 valence electrons. The second-order valence-electron chi connectivity index (χ2n) is 1.44. The molecule has 0 aliphatic carbocycles. The molecule has 0 bridgehead atoms. The molecule has 6 heavy (non-hydrogen) atoms. The van der Waals surface area contributed by atoms with E-state index in [2.05, 4.69) is 0 Å². The number of rotatable bonds is 2. The minimum absolute atomic E-state index is 0.401. The van der Waals surface area contributed by atoms with Crippen LogP contribution in [0, 0.1) is 5.89 Å². The molecule has 0 radical (unpaired) electrons. The smallest absolute Gasteiger partial charge is 0.0312 e. The molecule has 0 aliphatic rings. The van der Waals surface area contributed by atoms with E-state index in [1.165, 1.54) is 0 Å². The SMILES string of the molecule is [2H][C@@](C)(CC)CCl. The van der Waals surface area contributed by atoms with Gasteiger partial charge in [-0.15, -0.1) is 11.6 Å². The van der Waals surface area contributed by atoms with Crippen LogP contribution in [0.3, 0.4) is 0 Å². The zero-order chi connectivity index (χ0) is 5.91. The zero-order valence-electron chi connectivity index (χ0n) is 5.29. The van der Waals surface area contributed by atoms with E-state index in [1.807, 2.05) is 13.8 Å². The Balaban J connectivity index is 3.36. The van der Waals surface area contributed by atoms with Crippen LogP contribution in [0.4, 0.5) is 0 Å². The van der Waals surface area contributed by atoms with Crippen LogP contribution in [-0.4, -0.2) is 5.88 Å². The Morgan fingerprint density at radius 2 is 2.50 bits per heavy atom. The van der Waals surface area contributed by atoms with Gasteiger partial charge in [-0.25, -0.2) is 0 Å². The molecule has 0 heterocycles. The highest BCUT2D eigenvalue weighted by Gasteiger charge is 1.90. The van der Waals surface area contributed by atoms with Gasteiger partial charge in [0.1, 0.15) is 0 Å². The Morgan fingerprint density at radius 1 is 2.00 bits per heavy atom. The Labute approximate surface area is 45.9 Å². The third-order valence-corrected chi connectivity index (χ3v) is 1.29. The summed E-state index contributed by atoms with van der Waals surface area (Å²) < 4.78 is 7.29. The van der Waals surface area contributed by atoms with Crippen LogP contribution in [0.1, 0.15) is 21.6 Å². The molecule has 0 aromatic carbocycles. The van der Waals surface area contributed by atoms with Crippen molar-refractivity contribution in [2.75, 3.05) is 5.88 Å². The predicted molar refractivity (Wildman–Crippen MR) is 30.2 cm³/mol. The van der Waals surface area contributed by atoms with Crippen LogP contribution < -0.4 is 0 Å². The summed E-state index contributed by atoms with van der Waals surface area (Å²) in [6.45, 7) is 3.80. The second kappa shape index (κ2) is 3.48. The van der Waals surface area contributed by atoms with E-state index < -0.39 is 5.89 Å². The van der Waals surface area contributed by atoms with E-state index in [4.69, 9.17) is 13.0 Å². The second-order valence-corrected chi connectivity index (χ2v) is 1.71. The van der Waals surface area contributed by atoms with Crippen molar-refractivity contribution >= 4 is 11.6 Å². The highest BCUT2D eigenvalue weighted by molar-refractivity contribution is 6.18. The van der Waals surface area contributed by atoms with Crippen LogP contribution >= 0.6 is 11.6 Å². The number of hydrogen-bond acceptors (Lipinski definition) is 0. The molecule has 0 aromatic rings. The molecule has 0 aromatic heterocycles. The molecule has 0 saturated heterocycles. The molecule has 0 nitrogen and oxygen atoms in total. The van der Waals surface area contributed by atoms with Crippen LogP contribution in [0.2, 0.25) is 0 Å². The molecule has 1 atom stereocenters.